The van der Waals surface area contributed by atoms with Crippen molar-refractivity contribution in [3.8, 4) is 28.6 Å². The van der Waals surface area contributed by atoms with Gasteiger partial charge in [0.15, 0.2) is 0 Å². The Morgan fingerprint density at radius 3 is 2.38 bits per heavy atom. The van der Waals surface area contributed by atoms with Crippen LogP contribution in [0.2, 0.25) is 0 Å². The standard InChI is InChI=1S/C30H23N3O/c1-2-21-10-8-18-32-30(21)33-27-13-4-3-12-25(27)26-16-15-23(20-28(26)33)22-9-7-11-24(19-22)34-29-14-5-6-17-31-29/h3-20H,2H2,1H3. The van der Waals surface area contributed by atoms with E-state index in [1.807, 2.05) is 42.6 Å². The van der Waals surface area contributed by atoms with E-state index in [-0.39, 0.29) is 0 Å². The first-order valence-electron chi connectivity index (χ1n) is 11.5. The van der Waals surface area contributed by atoms with Crippen LogP contribution in [0, 0.1) is 0 Å². The lowest BCUT2D eigenvalue weighted by Gasteiger charge is -2.12. The summed E-state index contributed by atoms with van der Waals surface area (Å²) in [5, 5.41) is 2.44. The summed E-state index contributed by atoms with van der Waals surface area (Å²) in [6.45, 7) is 2.17. The van der Waals surface area contributed by atoms with E-state index in [9.17, 15) is 0 Å². The van der Waals surface area contributed by atoms with E-state index in [2.05, 4.69) is 77.1 Å². The first-order chi connectivity index (χ1) is 16.8. The van der Waals surface area contributed by atoms with Gasteiger partial charge < -0.3 is 4.74 Å². The maximum Gasteiger partial charge on any atom is 0.219 e. The fourth-order valence-corrected chi connectivity index (χ4v) is 4.55. The number of benzene rings is 3. The van der Waals surface area contributed by atoms with Gasteiger partial charge in [-0.15, -0.1) is 0 Å². The van der Waals surface area contributed by atoms with Gasteiger partial charge in [-0.25, -0.2) is 9.97 Å². The molecule has 0 bridgehead atoms. The Bertz CT molecular complexity index is 1620. The molecule has 6 aromatic rings. The molecule has 0 atom stereocenters. The van der Waals surface area contributed by atoms with Crippen molar-refractivity contribution in [3.63, 3.8) is 0 Å². The summed E-state index contributed by atoms with van der Waals surface area (Å²) in [6, 6.07) is 33.1. The van der Waals surface area contributed by atoms with E-state index < -0.39 is 0 Å². The summed E-state index contributed by atoms with van der Waals surface area (Å²) in [4.78, 5) is 9.06. The number of hydrogen-bond donors (Lipinski definition) is 0. The highest BCUT2D eigenvalue weighted by atomic mass is 16.5. The molecule has 0 aliphatic rings. The average Bonchev–Trinajstić information content (AvgIpc) is 3.23. The van der Waals surface area contributed by atoms with Gasteiger partial charge in [-0.05, 0) is 59.5 Å². The van der Waals surface area contributed by atoms with Crippen LogP contribution in [0.3, 0.4) is 0 Å². The number of fused-ring (bicyclic) bond motifs is 3. The minimum Gasteiger partial charge on any atom is -0.439 e. The van der Waals surface area contributed by atoms with Gasteiger partial charge in [-0.2, -0.15) is 0 Å². The van der Waals surface area contributed by atoms with Crippen molar-refractivity contribution < 1.29 is 4.74 Å². The van der Waals surface area contributed by atoms with Crippen molar-refractivity contribution in [2.45, 2.75) is 13.3 Å². The van der Waals surface area contributed by atoms with Crippen LogP contribution >= 0.6 is 0 Å². The summed E-state index contributed by atoms with van der Waals surface area (Å²) < 4.78 is 8.27. The third-order valence-corrected chi connectivity index (χ3v) is 6.16. The lowest BCUT2D eigenvalue weighted by Crippen LogP contribution is -2.01. The van der Waals surface area contributed by atoms with Crippen molar-refractivity contribution in [1.82, 2.24) is 14.5 Å². The number of ether oxygens (including phenoxy) is 1. The van der Waals surface area contributed by atoms with E-state index >= 15 is 0 Å². The molecule has 0 saturated heterocycles. The highest BCUT2D eigenvalue weighted by Crippen LogP contribution is 2.36. The third kappa shape index (κ3) is 3.50. The van der Waals surface area contributed by atoms with Crippen LogP contribution in [-0.4, -0.2) is 14.5 Å². The van der Waals surface area contributed by atoms with Crippen LogP contribution in [0.4, 0.5) is 0 Å². The van der Waals surface area contributed by atoms with Crippen molar-refractivity contribution in [1.29, 1.82) is 0 Å². The molecule has 0 N–H and O–H groups in total. The van der Waals surface area contributed by atoms with Crippen molar-refractivity contribution in [2.75, 3.05) is 0 Å². The Hall–Kier alpha value is -4.44. The molecule has 0 fully saturated rings. The van der Waals surface area contributed by atoms with E-state index in [0.29, 0.717) is 5.88 Å². The van der Waals surface area contributed by atoms with Crippen molar-refractivity contribution in [3.05, 3.63) is 115 Å². The van der Waals surface area contributed by atoms with E-state index in [1.54, 1.807) is 6.20 Å². The molecular weight excluding hydrogens is 418 g/mol. The molecule has 0 aliphatic carbocycles. The average molecular weight is 442 g/mol. The second kappa shape index (κ2) is 8.49. The van der Waals surface area contributed by atoms with Crippen molar-refractivity contribution >= 4 is 21.8 Å². The molecule has 6 rings (SSSR count). The SMILES string of the molecule is CCc1cccnc1-n1c2ccccc2c2ccc(-c3cccc(Oc4ccccn4)c3)cc21. The fraction of sp³-hybridized carbons (Fsp3) is 0.0667. The summed E-state index contributed by atoms with van der Waals surface area (Å²) in [7, 11) is 0. The second-order valence-corrected chi connectivity index (χ2v) is 8.22. The van der Waals surface area contributed by atoms with Crippen LogP contribution in [0.5, 0.6) is 11.6 Å². The Kier molecular flexibility index (Phi) is 5.04. The van der Waals surface area contributed by atoms with Gasteiger partial charge in [0.2, 0.25) is 5.88 Å². The molecule has 0 saturated carbocycles. The quantitative estimate of drug-likeness (QED) is 0.277. The monoisotopic (exact) mass is 441 g/mol. The van der Waals surface area contributed by atoms with Gasteiger partial charge in [-0.1, -0.05) is 61.5 Å². The fourth-order valence-electron chi connectivity index (χ4n) is 4.55. The lowest BCUT2D eigenvalue weighted by atomic mass is 10.0. The molecule has 0 unspecified atom stereocenters. The van der Waals surface area contributed by atoms with E-state index in [1.165, 1.54) is 16.3 Å². The summed E-state index contributed by atoms with van der Waals surface area (Å²) in [5.41, 5.74) is 5.74. The smallest absolute Gasteiger partial charge is 0.219 e. The molecule has 0 amide bonds. The van der Waals surface area contributed by atoms with Crippen LogP contribution in [0.25, 0.3) is 38.8 Å². The number of aryl methyl sites for hydroxylation is 1. The number of para-hydroxylation sites is 1. The first-order valence-corrected chi connectivity index (χ1v) is 11.5. The summed E-state index contributed by atoms with van der Waals surface area (Å²) in [6.07, 6.45) is 4.52. The molecule has 3 heterocycles. The van der Waals surface area contributed by atoms with Crippen LogP contribution in [0.15, 0.2) is 109 Å². The highest BCUT2D eigenvalue weighted by molar-refractivity contribution is 6.10. The lowest BCUT2D eigenvalue weighted by molar-refractivity contribution is 0.463. The molecular formula is C30H23N3O. The number of rotatable bonds is 5. The molecule has 3 aromatic heterocycles. The zero-order valence-electron chi connectivity index (χ0n) is 18.8. The Morgan fingerprint density at radius 2 is 1.50 bits per heavy atom. The van der Waals surface area contributed by atoms with Gasteiger partial charge in [0.25, 0.3) is 0 Å². The van der Waals surface area contributed by atoms with Gasteiger partial charge in [0, 0.05) is 29.2 Å². The second-order valence-electron chi connectivity index (χ2n) is 8.22. The first kappa shape index (κ1) is 20.2. The van der Waals surface area contributed by atoms with Gasteiger partial charge in [-0.3, -0.25) is 4.57 Å². The summed E-state index contributed by atoms with van der Waals surface area (Å²) in [5.74, 6) is 2.33. The Morgan fingerprint density at radius 1 is 0.676 bits per heavy atom. The Labute approximate surface area is 198 Å². The van der Waals surface area contributed by atoms with Gasteiger partial charge >= 0.3 is 0 Å². The third-order valence-electron chi connectivity index (χ3n) is 6.16. The highest BCUT2D eigenvalue weighted by Gasteiger charge is 2.16. The normalized spacial score (nSPS) is 11.2. The minimum absolute atomic E-state index is 0.581. The zero-order chi connectivity index (χ0) is 22.9. The molecule has 3 aromatic carbocycles. The minimum atomic E-state index is 0.581. The van der Waals surface area contributed by atoms with E-state index in [0.717, 1.165) is 40.1 Å². The molecule has 164 valence electrons. The molecule has 4 heteroatoms. The molecule has 34 heavy (non-hydrogen) atoms. The van der Waals surface area contributed by atoms with Crippen LogP contribution in [0.1, 0.15) is 12.5 Å². The molecule has 0 spiro atoms. The molecule has 4 nitrogen and oxygen atoms in total. The topological polar surface area (TPSA) is 39.9 Å². The van der Waals surface area contributed by atoms with Gasteiger partial charge in [0.05, 0.1) is 11.0 Å². The largest absolute Gasteiger partial charge is 0.439 e. The van der Waals surface area contributed by atoms with Crippen LogP contribution in [-0.2, 0) is 6.42 Å². The Balaban J connectivity index is 1.53. The maximum absolute atomic E-state index is 5.97. The zero-order valence-corrected chi connectivity index (χ0v) is 18.8. The predicted molar refractivity (Wildman–Crippen MR) is 138 cm³/mol. The van der Waals surface area contributed by atoms with E-state index in [4.69, 9.17) is 9.72 Å². The maximum atomic E-state index is 5.97. The predicted octanol–water partition coefficient (Wildman–Crippen LogP) is 7.60. The number of hydrogen-bond acceptors (Lipinski definition) is 3. The number of nitrogens with zero attached hydrogens (tertiary/aromatic N) is 3. The summed E-state index contributed by atoms with van der Waals surface area (Å²) >= 11 is 0. The van der Waals surface area contributed by atoms with Crippen LogP contribution < -0.4 is 4.74 Å². The number of aromatic nitrogens is 3. The number of pyridine rings is 2. The molecule has 0 radical (unpaired) electrons. The van der Waals surface area contributed by atoms with Gasteiger partial charge in [0.1, 0.15) is 11.6 Å². The molecule has 0 aliphatic heterocycles. The van der Waals surface area contributed by atoms with Crippen molar-refractivity contribution in [2.24, 2.45) is 0 Å².